The molecule has 22 heavy (non-hydrogen) atoms. The number of nitrogens with one attached hydrogen (secondary N) is 1. The summed E-state index contributed by atoms with van der Waals surface area (Å²) in [5, 5.41) is 2.52. The standard InChI is InChI=1S/C16H18N2O4/c1-11-3-5-13(6-4-11)7-8-14(19)22-12(2)15(20)18-10-9-17-16(18)21/h3-8,12H,9-10H2,1-2H3,(H,17,21)/b8-7+/t12-/m1/s1. The predicted molar refractivity (Wildman–Crippen MR) is 80.9 cm³/mol. The van der Waals surface area contributed by atoms with Crippen LogP contribution in [0.25, 0.3) is 6.08 Å². The van der Waals surface area contributed by atoms with E-state index in [1.54, 1.807) is 6.08 Å². The molecule has 0 unspecified atom stereocenters. The highest BCUT2D eigenvalue weighted by Crippen LogP contribution is 2.07. The van der Waals surface area contributed by atoms with Crippen LogP contribution in [0.4, 0.5) is 4.79 Å². The number of rotatable bonds is 4. The zero-order valence-electron chi connectivity index (χ0n) is 12.5. The second kappa shape index (κ2) is 6.89. The lowest BCUT2D eigenvalue weighted by molar-refractivity contribution is -0.153. The van der Waals surface area contributed by atoms with E-state index in [0.29, 0.717) is 13.1 Å². The first kappa shape index (κ1) is 15.8. The van der Waals surface area contributed by atoms with E-state index in [1.807, 2.05) is 31.2 Å². The van der Waals surface area contributed by atoms with Crippen molar-refractivity contribution in [2.45, 2.75) is 20.0 Å². The van der Waals surface area contributed by atoms with Crippen LogP contribution in [0.5, 0.6) is 0 Å². The van der Waals surface area contributed by atoms with E-state index in [2.05, 4.69) is 5.32 Å². The number of urea groups is 1. The molecule has 1 heterocycles. The molecule has 0 spiro atoms. The van der Waals surface area contributed by atoms with Crippen molar-refractivity contribution >= 4 is 24.0 Å². The third-order valence-corrected chi connectivity index (χ3v) is 3.25. The van der Waals surface area contributed by atoms with Crippen molar-refractivity contribution in [1.82, 2.24) is 10.2 Å². The average molecular weight is 302 g/mol. The molecule has 1 aliphatic heterocycles. The molecule has 3 amide bonds. The lowest BCUT2D eigenvalue weighted by Gasteiger charge is -2.17. The maximum atomic E-state index is 12.0. The van der Waals surface area contributed by atoms with Gasteiger partial charge in [0.15, 0.2) is 6.10 Å². The summed E-state index contributed by atoms with van der Waals surface area (Å²) in [7, 11) is 0. The topological polar surface area (TPSA) is 75.7 Å². The summed E-state index contributed by atoms with van der Waals surface area (Å²) >= 11 is 0. The van der Waals surface area contributed by atoms with Gasteiger partial charge in [0.05, 0.1) is 0 Å². The Morgan fingerprint density at radius 2 is 2.00 bits per heavy atom. The summed E-state index contributed by atoms with van der Waals surface area (Å²) in [5.74, 6) is -1.15. The van der Waals surface area contributed by atoms with E-state index in [9.17, 15) is 14.4 Å². The molecule has 1 aliphatic rings. The smallest absolute Gasteiger partial charge is 0.331 e. The summed E-state index contributed by atoms with van der Waals surface area (Å²) in [6.07, 6.45) is 1.87. The van der Waals surface area contributed by atoms with Crippen molar-refractivity contribution in [3.05, 3.63) is 41.5 Å². The minimum Gasteiger partial charge on any atom is -0.449 e. The van der Waals surface area contributed by atoms with E-state index >= 15 is 0 Å². The Bertz CT molecular complexity index is 607. The number of hydrogen-bond donors (Lipinski definition) is 1. The van der Waals surface area contributed by atoms with Crippen molar-refractivity contribution in [2.75, 3.05) is 13.1 Å². The Kier molecular flexibility index (Phi) is 4.93. The Labute approximate surface area is 128 Å². The van der Waals surface area contributed by atoms with Crippen LogP contribution in [-0.2, 0) is 14.3 Å². The molecule has 0 saturated carbocycles. The van der Waals surface area contributed by atoms with Crippen molar-refractivity contribution in [3.63, 3.8) is 0 Å². The van der Waals surface area contributed by atoms with Crippen LogP contribution in [0.2, 0.25) is 0 Å². The fourth-order valence-corrected chi connectivity index (χ4v) is 2.01. The molecule has 0 radical (unpaired) electrons. The van der Waals surface area contributed by atoms with Gasteiger partial charge in [-0.05, 0) is 25.5 Å². The van der Waals surface area contributed by atoms with Gasteiger partial charge < -0.3 is 10.1 Å². The maximum absolute atomic E-state index is 12.0. The molecule has 1 N–H and O–H groups in total. The van der Waals surface area contributed by atoms with Gasteiger partial charge in [0.2, 0.25) is 0 Å². The van der Waals surface area contributed by atoms with Crippen molar-refractivity contribution < 1.29 is 19.1 Å². The molecule has 2 rings (SSSR count). The summed E-state index contributed by atoms with van der Waals surface area (Å²) < 4.78 is 5.02. The van der Waals surface area contributed by atoms with Gasteiger partial charge in [0.25, 0.3) is 5.91 Å². The van der Waals surface area contributed by atoms with Crippen LogP contribution in [0.15, 0.2) is 30.3 Å². The zero-order chi connectivity index (χ0) is 16.1. The number of benzene rings is 1. The number of ether oxygens (including phenoxy) is 1. The lowest BCUT2D eigenvalue weighted by atomic mass is 10.1. The quantitative estimate of drug-likeness (QED) is 0.675. The van der Waals surface area contributed by atoms with Crippen LogP contribution >= 0.6 is 0 Å². The molecule has 0 aliphatic carbocycles. The van der Waals surface area contributed by atoms with Gasteiger partial charge in [-0.1, -0.05) is 29.8 Å². The van der Waals surface area contributed by atoms with Crippen LogP contribution in [0, 0.1) is 6.92 Å². The molecule has 1 aromatic rings. The summed E-state index contributed by atoms with van der Waals surface area (Å²) in [6.45, 7) is 4.13. The number of carbonyl (C=O) groups is 3. The van der Waals surface area contributed by atoms with Gasteiger partial charge in [0.1, 0.15) is 0 Å². The molecule has 6 heteroatoms. The van der Waals surface area contributed by atoms with Crippen LogP contribution in [0.3, 0.4) is 0 Å². The zero-order valence-corrected chi connectivity index (χ0v) is 12.5. The van der Waals surface area contributed by atoms with E-state index < -0.39 is 24.0 Å². The number of amides is 3. The van der Waals surface area contributed by atoms with E-state index in [0.717, 1.165) is 16.0 Å². The van der Waals surface area contributed by atoms with Gasteiger partial charge in [0, 0.05) is 19.2 Å². The first-order valence-corrected chi connectivity index (χ1v) is 7.02. The van der Waals surface area contributed by atoms with Crippen LogP contribution in [0.1, 0.15) is 18.1 Å². The Hall–Kier alpha value is -2.63. The van der Waals surface area contributed by atoms with E-state index in [-0.39, 0.29) is 0 Å². The number of nitrogens with zero attached hydrogens (tertiary/aromatic N) is 1. The molecule has 116 valence electrons. The molecule has 1 saturated heterocycles. The molecule has 1 aromatic carbocycles. The highest BCUT2D eigenvalue weighted by molar-refractivity contribution is 5.99. The third kappa shape index (κ3) is 3.94. The molecule has 1 atom stereocenters. The molecule has 0 aromatic heterocycles. The van der Waals surface area contributed by atoms with Gasteiger partial charge in [-0.2, -0.15) is 0 Å². The molecular formula is C16H18N2O4. The Balaban J connectivity index is 1.89. The number of carbonyl (C=O) groups excluding carboxylic acids is 3. The minimum absolute atomic E-state index is 0.290. The monoisotopic (exact) mass is 302 g/mol. The fraction of sp³-hybridized carbons (Fsp3) is 0.312. The van der Waals surface area contributed by atoms with E-state index in [1.165, 1.54) is 13.0 Å². The molecule has 1 fully saturated rings. The number of imide groups is 1. The maximum Gasteiger partial charge on any atom is 0.331 e. The van der Waals surface area contributed by atoms with Gasteiger partial charge in [-0.25, -0.2) is 9.59 Å². The molecular weight excluding hydrogens is 284 g/mol. The second-order valence-electron chi connectivity index (χ2n) is 5.04. The van der Waals surface area contributed by atoms with Gasteiger partial charge in [-0.3, -0.25) is 9.69 Å². The Morgan fingerprint density at radius 1 is 1.32 bits per heavy atom. The number of hydrogen-bond acceptors (Lipinski definition) is 4. The third-order valence-electron chi connectivity index (χ3n) is 3.25. The summed E-state index contributed by atoms with van der Waals surface area (Å²) in [4.78, 5) is 36.1. The van der Waals surface area contributed by atoms with Crippen molar-refractivity contribution in [1.29, 1.82) is 0 Å². The largest absolute Gasteiger partial charge is 0.449 e. The fourth-order valence-electron chi connectivity index (χ4n) is 2.01. The minimum atomic E-state index is -1.00. The number of esters is 1. The first-order chi connectivity index (χ1) is 10.5. The molecule has 6 nitrogen and oxygen atoms in total. The number of aryl methyl sites for hydroxylation is 1. The predicted octanol–water partition coefficient (Wildman–Crippen LogP) is 1.49. The normalized spacial score (nSPS) is 15.7. The van der Waals surface area contributed by atoms with Crippen LogP contribution < -0.4 is 5.32 Å². The highest BCUT2D eigenvalue weighted by Gasteiger charge is 2.31. The summed E-state index contributed by atoms with van der Waals surface area (Å²) in [6, 6.07) is 7.17. The lowest BCUT2D eigenvalue weighted by Crippen LogP contribution is -2.41. The van der Waals surface area contributed by atoms with Crippen molar-refractivity contribution in [3.8, 4) is 0 Å². The summed E-state index contributed by atoms with van der Waals surface area (Å²) in [5.41, 5.74) is 1.99. The average Bonchev–Trinajstić information content (AvgIpc) is 2.92. The van der Waals surface area contributed by atoms with Gasteiger partial charge >= 0.3 is 12.0 Å². The van der Waals surface area contributed by atoms with E-state index in [4.69, 9.17) is 4.74 Å². The Morgan fingerprint density at radius 3 is 2.59 bits per heavy atom. The van der Waals surface area contributed by atoms with Crippen molar-refractivity contribution in [2.24, 2.45) is 0 Å². The second-order valence-corrected chi connectivity index (χ2v) is 5.04. The van der Waals surface area contributed by atoms with Gasteiger partial charge in [-0.15, -0.1) is 0 Å². The SMILES string of the molecule is Cc1ccc(/C=C/C(=O)O[C@H](C)C(=O)N2CCNC2=O)cc1. The highest BCUT2D eigenvalue weighted by atomic mass is 16.5. The van der Waals surface area contributed by atoms with Crippen LogP contribution in [-0.4, -0.2) is 42.0 Å². The first-order valence-electron chi connectivity index (χ1n) is 7.02. The molecule has 0 bridgehead atoms.